The molecule has 6 nitrogen and oxygen atoms in total. The molecule has 0 aromatic carbocycles. The zero-order chi connectivity index (χ0) is 13.1. The van der Waals surface area contributed by atoms with E-state index in [2.05, 4.69) is 15.3 Å². The van der Waals surface area contributed by atoms with E-state index < -0.39 is 0 Å². The first-order valence-electron chi connectivity index (χ1n) is 6.39. The zero-order valence-corrected chi connectivity index (χ0v) is 11.0. The van der Waals surface area contributed by atoms with Gasteiger partial charge in [-0.05, 0) is 6.42 Å². The van der Waals surface area contributed by atoms with Gasteiger partial charge < -0.3 is 11.1 Å². The van der Waals surface area contributed by atoms with Gasteiger partial charge in [-0.3, -0.25) is 14.4 Å². The topological polar surface area (TPSA) is 76.2 Å². The van der Waals surface area contributed by atoms with E-state index in [9.17, 15) is 4.79 Å². The molecule has 0 spiro atoms. The predicted octanol–water partition coefficient (Wildman–Crippen LogP) is -0.370. The number of nitrogens with one attached hydrogen (secondary N) is 1. The van der Waals surface area contributed by atoms with Crippen LogP contribution in [0.3, 0.4) is 0 Å². The first-order chi connectivity index (χ1) is 8.67. The lowest BCUT2D eigenvalue weighted by Crippen LogP contribution is -2.56. The Morgan fingerprint density at radius 2 is 2.44 bits per heavy atom. The fourth-order valence-corrected chi connectivity index (χ4v) is 2.60. The molecular formula is C12H21N5O. The zero-order valence-electron chi connectivity index (χ0n) is 11.0. The quantitative estimate of drug-likeness (QED) is 0.765. The van der Waals surface area contributed by atoms with Crippen molar-refractivity contribution in [2.24, 2.45) is 12.8 Å². The summed E-state index contributed by atoms with van der Waals surface area (Å²) in [5.74, 6) is 0.103. The highest BCUT2D eigenvalue weighted by Gasteiger charge is 2.33. The summed E-state index contributed by atoms with van der Waals surface area (Å²) in [4.78, 5) is 14.1. The molecule has 1 aliphatic heterocycles. The summed E-state index contributed by atoms with van der Waals surface area (Å²) in [5.41, 5.74) is 6.97. The molecule has 1 aliphatic rings. The van der Waals surface area contributed by atoms with Crippen molar-refractivity contribution in [3.05, 3.63) is 18.0 Å². The van der Waals surface area contributed by atoms with Gasteiger partial charge in [0, 0.05) is 38.4 Å². The van der Waals surface area contributed by atoms with Gasteiger partial charge in [0.1, 0.15) is 0 Å². The molecule has 6 heteroatoms. The maximum atomic E-state index is 11.9. The summed E-state index contributed by atoms with van der Waals surface area (Å²) in [6.45, 7) is 4.04. The molecule has 2 unspecified atom stereocenters. The summed E-state index contributed by atoms with van der Waals surface area (Å²) in [5, 5.41) is 7.09. The molecule has 1 aromatic heterocycles. The lowest BCUT2D eigenvalue weighted by molar-refractivity contribution is -0.130. The Hall–Kier alpha value is -1.40. The van der Waals surface area contributed by atoms with Crippen molar-refractivity contribution in [3.8, 4) is 0 Å². The third kappa shape index (κ3) is 2.39. The average molecular weight is 251 g/mol. The van der Waals surface area contributed by atoms with Gasteiger partial charge in [-0.1, -0.05) is 6.92 Å². The molecule has 1 aromatic rings. The third-order valence-electron chi connectivity index (χ3n) is 3.49. The Kier molecular flexibility index (Phi) is 3.98. The molecule has 2 rings (SSSR count). The van der Waals surface area contributed by atoms with E-state index in [1.165, 1.54) is 0 Å². The SMILES string of the molecule is CCC1C(=O)NCCN1C(CN)c1cnn(C)c1. The van der Waals surface area contributed by atoms with Gasteiger partial charge >= 0.3 is 0 Å². The molecule has 18 heavy (non-hydrogen) atoms. The molecule has 0 saturated carbocycles. The minimum atomic E-state index is -0.0903. The number of amides is 1. The minimum Gasteiger partial charge on any atom is -0.353 e. The first kappa shape index (κ1) is 13.0. The van der Waals surface area contributed by atoms with Crippen molar-refractivity contribution in [2.45, 2.75) is 25.4 Å². The molecule has 1 amide bonds. The van der Waals surface area contributed by atoms with Crippen LogP contribution in [0.1, 0.15) is 24.9 Å². The van der Waals surface area contributed by atoms with E-state index >= 15 is 0 Å². The molecule has 0 radical (unpaired) electrons. The van der Waals surface area contributed by atoms with E-state index in [4.69, 9.17) is 5.73 Å². The van der Waals surface area contributed by atoms with Gasteiger partial charge in [-0.15, -0.1) is 0 Å². The van der Waals surface area contributed by atoms with Gasteiger partial charge in [0.2, 0.25) is 5.91 Å². The van der Waals surface area contributed by atoms with E-state index in [0.717, 1.165) is 18.5 Å². The van der Waals surface area contributed by atoms with Crippen LogP contribution in [0.2, 0.25) is 0 Å². The van der Waals surface area contributed by atoms with Crippen LogP contribution in [0, 0.1) is 0 Å². The van der Waals surface area contributed by atoms with Crippen LogP contribution >= 0.6 is 0 Å². The Bertz CT molecular complexity index is 416. The Morgan fingerprint density at radius 1 is 1.67 bits per heavy atom. The van der Waals surface area contributed by atoms with Crippen LogP contribution in [0.25, 0.3) is 0 Å². The fourth-order valence-electron chi connectivity index (χ4n) is 2.60. The number of aromatic nitrogens is 2. The fraction of sp³-hybridized carbons (Fsp3) is 0.667. The molecule has 1 saturated heterocycles. The van der Waals surface area contributed by atoms with Crippen LogP contribution in [-0.2, 0) is 11.8 Å². The van der Waals surface area contributed by atoms with E-state index in [1.807, 2.05) is 26.4 Å². The molecule has 0 aliphatic carbocycles. The maximum absolute atomic E-state index is 11.9. The summed E-state index contributed by atoms with van der Waals surface area (Å²) in [6.07, 6.45) is 4.59. The van der Waals surface area contributed by atoms with Crippen molar-refractivity contribution in [1.29, 1.82) is 0 Å². The molecule has 0 bridgehead atoms. The second kappa shape index (κ2) is 5.49. The Morgan fingerprint density at radius 3 is 3.00 bits per heavy atom. The van der Waals surface area contributed by atoms with Crippen molar-refractivity contribution in [1.82, 2.24) is 20.0 Å². The lowest BCUT2D eigenvalue weighted by Gasteiger charge is -2.39. The molecule has 2 atom stereocenters. The van der Waals surface area contributed by atoms with E-state index in [0.29, 0.717) is 13.1 Å². The number of rotatable bonds is 4. The normalized spacial score (nSPS) is 22.8. The van der Waals surface area contributed by atoms with Crippen LogP contribution in [0.15, 0.2) is 12.4 Å². The predicted molar refractivity (Wildman–Crippen MR) is 68.8 cm³/mol. The number of hydrogen-bond acceptors (Lipinski definition) is 4. The molecular weight excluding hydrogens is 230 g/mol. The van der Waals surface area contributed by atoms with Crippen molar-refractivity contribution >= 4 is 5.91 Å². The van der Waals surface area contributed by atoms with E-state index in [1.54, 1.807) is 4.68 Å². The number of nitrogens with zero attached hydrogens (tertiary/aromatic N) is 3. The smallest absolute Gasteiger partial charge is 0.237 e. The maximum Gasteiger partial charge on any atom is 0.237 e. The highest BCUT2D eigenvalue weighted by molar-refractivity contribution is 5.82. The van der Waals surface area contributed by atoms with Crippen LogP contribution in [-0.4, -0.2) is 46.3 Å². The monoisotopic (exact) mass is 251 g/mol. The summed E-state index contributed by atoms with van der Waals surface area (Å²) in [7, 11) is 1.89. The van der Waals surface area contributed by atoms with Crippen molar-refractivity contribution in [2.75, 3.05) is 19.6 Å². The Labute approximate surface area is 107 Å². The third-order valence-corrected chi connectivity index (χ3v) is 3.49. The summed E-state index contributed by atoms with van der Waals surface area (Å²) >= 11 is 0. The number of aryl methyl sites for hydroxylation is 1. The number of piperazine rings is 1. The van der Waals surface area contributed by atoms with Crippen LogP contribution in [0.5, 0.6) is 0 Å². The average Bonchev–Trinajstić information content (AvgIpc) is 2.77. The number of nitrogens with two attached hydrogens (primary N) is 1. The second-order valence-electron chi connectivity index (χ2n) is 4.65. The Balaban J connectivity index is 2.23. The summed E-state index contributed by atoms with van der Waals surface area (Å²) in [6, 6.07) is -0.0257. The largest absolute Gasteiger partial charge is 0.353 e. The van der Waals surface area contributed by atoms with Gasteiger partial charge in [0.25, 0.3) is 0 Å². The highest BCUT2D eigenvalue weighted by Crippen LogP contribution is 2.24. The minimum absolute atomic E-state index is 0.0645. The molecule has 3 N–H and O–H groups in total. The molecule has 100 valence electrons. The van der Waals surface area contributed by atoms with Gasteiger partial charge in [-0.2, -0.15) is 5.10 Å². The van der Waals surface area contributed by atoms with Crippen LogP contribution in [0.4, 0.5) is 0 Å². The van der Waals surface area contributed by atoms with Crippen LogP contribution < -0.4 is 11.1 Å². The van der Waals surface area contributed by atoms with Gasteiger partial charge in [0.05, 0.1) is 18.3 Å². The van der Waals surface area contributed by atoms with Crippen molar-refractivity contribution < 1.29 is 4.79 Å². The van der Waals surface area contributed by atoms with E-state index in [-0.39, 0.29) is 18.0 Å². The number of carbonyl (C=O) groups excluding carboxylic acids is 1. The lowest BCUT2D eigenvalue weighted by atomic mass is 10.0. The standard InChI is InChI=1S/C12H21N5O/c1-3-10-12(18)14-4-5-17(10)11(6-13)9-7-15-16(2)8-9/h7-8,10-11H,3-6,13H2,1-2H3,(H,14,18). The number of hydrogen-bond donors (Lipinski definition) is 2. The molecule has 2 heterocycles. The number of carbonyl (C=O) groups is 1. The highest BCUT2D eigenvalue weighted by atomic mass is 16.2. The second-order valence-corrected chi connectivity index (χ2v) is 4.65. The van der Waals surface area contributed by atoms with Gasteiger partial charge in [0.15, 0.2) is 0 Å². The molecule has 1 fully saturated rings. The first-order valence-corrected chi connectivity index (χ1v) is 6.39. The summed E-state index contributed by atoms with van der Waals surface area (Å²) < 4.78 is 1.77. The van der Waals surface area contributed by atoms with Crippen molar-refractivity contribution in [3.63, 3.8) is 0 Å². The van der Waals surface area contributed by atoms with Gasteiger partial charge in [-0.25, -0.2) is 0 Å².